The van der Waals surface area contributed by atoms with E-state index >= 15 is 0 Å². The molecule has 1 saturated heterocycles. The van der Waals surface area contributed by atoms with Crippen molar-refractivity contribution >= 4 is 17.5 Å². The van der Waals surface area contributed by atoms with Crippen molar-refractivity contribution in [2.75, 3.05) is 11.9 Å². The molecule has 0 bridgehead atoms. The van der Waals surface area contributed by atoms with Gasteiger partial charge >= 0.3 is 0 Å². The molecule has 6 nitrogen and oxygen atoms in total. The van der Waals surface area contributed by atoms with E-state index in [4.69, 9.17) is 0 Å². The predicted octanol–water partition coefficient (Wildman–Crippen LogP) is 5.20. The Kier molecular flexibility index (Phi) is 7.12. The van der Waals surface area contributed by atoms with Gasteiger partial charge < -0.3 is 10.2 Å². The number of hydrogen-bond acceptors (Lipinski definition) is 4. The third kappa shape index (κ3) is 5.31. The number of aryl methyl sites for hydroxylation is 1. The topological polar surface area (TPSA) is 75.2 Å². The van der Waals surface area contributed by atoms with Crippen LogP contribution < -0.4 is 5.32 Å². The van der Waals surface area contributed by atoms with E-state index in [2.05, 4.69) is 15.3 Å². The highest BCUT2D eigenvalue weighted by atomic mass is 19.1. The van der Waals surface area contributed by atoms with Crippen molar-refractivity contribution in [2.24, 2.45) is 5.92 Å². The number of nitrogens with one attached hydrogen (secondary N) is 1. The average molecular weight is 439 g/mol. The van der Waals surface area contributed by atoms with Gasteiger partial charge in [-0.25, -0.2) is 14.4 Å². The zero-order valence-electron chi connectivity index (χ0n) is 18.6. The molecule has 1 saturated carbocycles. The van der Waals surface area contributed by atoms with Gasteiger partial charge in [0, 0.05) is 24.8 Å². The zero-order valence-corrected chi connectivity index (χ0v) is 18.6. The second-order valence-electron chi connectivity index (χ2n) is 8.98. The number of benzene rings is 1. The van der Waals surface area contributed by atoms with Crippen LogP contribution in [0.1, 0.15) is 85.7 Å². The fourth-order valence-electron chi connectivity index (χ4n) is 4.87. The monoisotopic (exact) mass is 438 g/mol. The number of nitrogens with zero attached hydrogens (tertiary/aromatic N) is 3. The summed E-state index contributed by atoms with van der Waals surface area (Å²) in [6, 6.07) is 5.48. The Hall–Kier alpha value is -2.83. The summed E-state index contributed by atoms with van der Waals surface area (Å²) in [5, 5.41) is 2.75. The van der Waals surface area contributed by atoms with E-state index in [1.165, 1.54) is 56.1 Å². The van der Waals surface area contributed by atoms with Crippen LogP contribution in [-0.2, 0) is 4.79 Å². The van der Waals surface area contributed by atoms with Crippen LogP contribution in [0.3, 0.4) is 0 Å². The van der Waals surface area contributed by atoms with Gasteiger partial charge in [-0.05, 0) is 62.8 Å². The minimum atomic E-state index is -0.360. The number of anilines is 1. The summed E-state index contributed by atoms with van der Waals surface area (Å²) >= 11 is 0. The van der Waals surface area contributed by atoms with Gasteiger partial charge in [0.05, 0.1) is 17.3 Å². The van der Waals surface area contributed by atoms with Crippen molar-refractivity contribution < 1.29 is 14.0 Å². The first-order valence-corrected chi connectivity index (χ1v) is 11.7. The van der Waals surface area contributed by atoms with Gasteiger partial charge in [-0.2, -0.15) is 0 Å². The first-order chi connectivity index (χ1) is 15.5. The van der Waals surface area contributed by atoms with Crippen molar-refractivity contribution in [3.8, 4) is 0 Å². The summed E-state index contributed by atoms with van der Waals surface area (Å²) in [5.74, 6) is 0.797. The summed E-state index contributed by atoms with van der Waals surface area (Å²) < 4.78 is 13.1. The van der Waals surface area contributed by atoms with Gasteiger partial charge in [-0.3, -0.25) is 9.59 Å². The summed E-state index contributed by atoms with van der Waals surface area (Å²) in [5.41, 5.74) is 1.44. The number of aromatic nitrogens is 2. The fourth-order valence-corrected chi connectivity index (χ4v) is 4.87. The van der Waals surface area contributed by atoms with E-state index in [0.29, 0.717) is 35.1 Å². The smallest absolute Gasteiger partial charge is 0.259 e. The molecule has 2 aliphatic rings. The second-order valence-corrected chi connectivity index (χ2v) is 8.98. The molecular formula is C25H31FN4O2. The number of carbonyl (C=O) groups excluding carboxylic acids is 2. The number of amides is 2. The molecule has 4 rings (SSSR count). The first-order valence-electron chi connectivity index (χ1n) is 11.7. The Morgan fingerprint density at radius 1 is 1.09 bits per heavy atom. The minimum Gasteiger partial charge on any atom is -0.332 e. The molecular weight excluding hydrogens is 407 g/mol. The summed E-state index contributed by atoms with van der Waals surface area (Å²) in [7, 11) is 0. The quantitative estimate of drug-likeness (QED) is 0.673. The fraction of sp³-hybridized carbons (Fsp3) is 0.520. The zero-order chi connectivity index (χ0) is 22.5. The second kappa shape index (κ2) is 10.2. The van der Waals surface area contributed by atoms with E-state index in [0.717, 1.165) is 32.2 Å². The lowest BCUT2D eigenvalue weighted by molar-refractivity contribution is -0.135. The van der Waals surface area contributed by atoms with Crippen LogP contribution in [-0.4, -0.2) is 33.2 Å². The van der Waals surface area contributed by atoms with Crippen molar-refractivity contribution in [3.63, 3.8) is 0 Å². The van der Waals surface area contributed by atoms with Gasteiger partial charge in [0.15, 0.2) is 5.82 Å². The van der Waals surface area contributed by atoms with Gasteiger partial charge in [0.25, 0.3) is 5.91 Å². The van der Waals surface area contributed by atoms with Crippen molar-refractivity contribution in [1.82, 2.24) is 14.9 Å². The number of carbonyl (C=O) groups is 2. The van der Waals surface area contributed by atoms with E-state index in [1.807, 2.05) is 4.90 Å². The molecule has 170 valence electrons. The lowest BCUT2D eigenvalue weighted by Crippen LogP contribution is -2.39. The normalized spacial score (nSPS) is 19.2. The molecule has 1 aliphatic heterocycles. The highest BCUT2D eigenvalue weighted by Gasteiger charge is 2.31. The van der Waals surface area contributed by atoms with Crippen LogP contribution in [0, 0.1) is 18.7 Å². The van der Waals surface area contributed by atoms with Crippen LogP contribution in [0.2, 0.25) is 0 Å². The van der Waals surface area contributed by atoms with Crippen LogP contribution in [0.5, 0.6) is 0 Å². The Morgan fingerprint density at radius 2 is 1.81 bits per heavy atom. The summed E-state index contributed by atoms with van der Waals surface area (Å²) in [6.07, 6.45) is 11.1. The molecule has 2 fully saturated rings. The van der Waals surface area contributed by atoms with Crippen LogP contribution >= 0.6 is 0 Å². The average Bonchev–Trinajstić information content (AvgIpc) is 3.32. The maximum Gasteiger partial charge on any atom is 0.259 e. The standard InChI is InChI=1S/C25H31FN4O2/c1-17-21(25(32)29-20-12-10-19(26)11-13-20)16-27-24(28-17)22-8-4-5-15-30(22)23(31)14-9-18-6-2-3-7-18/h10-13,16,18,22H,2-9,14-15H2,1H3,(H,29,32)/t22-/m1/s1. The molecule has 0 spiro atoms. The van der Waals surface area contributed by atoms with Gasteiger partial charge in [0.2, 0.25) is 5.91 Å². The largest absolute Gasteiger partial charge is 0.332 e. The van der Waals surface area contributed by atoms with Crippen molar-refractivity contribution in [1.29, 1.82) is 0 Å². The minimum absolute atomic E-state index is 0.132. The Labute approximate surface area is 188 Å². The number of piperidine rings is 1. The number of hydrogen-bond donors (Lipinski definition) is 1. The number of rotatable bonds is 6. The molecule has 1 N–H and O–H groups in total. The van der Waals surface area contributed by atoms with E-state index in [1.54, 1.807) is 6.92 Å². The predicted molar refractivity (Wildman–Crippen MR) is 121 cm³/mol. The molecule has 2 heterocycles. The van der Waals surface area contributed by atoms with Crippen LogP contribution in [0.4, 0.5) is 10.1 Å². The highest BCUT2D eigenvalue weighted by molar-refractivity contribution is 6.04. The molecule has 0 unspecified atom stereocenters. The highest BCUT2D eigenvalue weighted by Crippen LogP contribution is 2.32. The molecule has 0 radical (unpaired) electrons. The molecule has 1 aliphatic carbocycles. The lowest BCUT2D eigenvalue weighted by atomic mass is 9.98. The first kappa shape index (κ1) is 22.4. The molecule has 1 atom stereocenters. The third-order valence-electron chi connectivity index (χ3n) is 6.71. The molecule has 1 aromatic carbocycles. The van der Waals surface area contributed by atoms with E-state index < -0.39 is 0 Å². The van der Waals surface area contributed by atoms with Crippen molar-refractivity contribution in [3.05, 3.63) is 53.4 Å². The molecule has 1 aromatic heterocycles. The summed E-state index contributed by atoms with van der Waals surface area (Å²) in [6.45, 7) is 2.52. The van der Waals surface area contributed by atoms with Crippen LogP contribution in [0.25, 0.3) is 0 Å². The lowest BCUT2D eigenvalue weighted by Gasteiger charge is -2.35. The Morgan fingerprint density at radius 3 is 2.53 bits per heavy atom. The molecule has 7 heteroatoms. The van der Waals surface area contributed by atoms with Gasteiger partial charge in [0.1, 0.15) is 5.82 Å². The third-order valence-corrected chi connectivity index (χ3v) is 6.71. The molecule has 2 amide bonds. The maximum atomic E-state index is 13.1. The van der Waals surface area contributed by atoms with Gasteiger partial charge in [-0.15, -0.1) is 0 Å². The SMILES string of the molecule is Cc1nc([C@H]2CCCCN2C(=O)CCC2CCCC2)ncc1C(=O)Nc1ccc(F)cc1. The Balaban J connectivity index is 1.44. The van der Waals surface area contributed by atoms with E-state index in [-0.39, 0.29) is 23.7 Å². The van der Waals surface area contributed by atoms with Crippen LogP contribution in [0.15, 0.2) is 30.5 Å². The number of halogens is 1. The Bertz CT molecular complexity index is 957. The van der Waals surface area contributed by atoms with Crippen molar-refractivity contribution in [2.45, 2.75) is 70.8 Å². The number of likely N-dealkylation sites (tertiary alicyclic amines) is 1. The summed E-state index contributed by atoms with van der Waals surface area (Å²) in [4.78, 5) is 36.7. The van der Waals surface area contributed by atoms with E-state index in [9.17, 15) is 14.0 Å². The van der Waals surface area contributed by atoms with Gasteiger partial charge in [-0.1, -0.05) is 25.7 Å². The molecule has 2 aromatic rings. The molecule has 32 heavy (non-hydrogen) atoms. The maximum absolute atomic E-state index is 13.1.